The second-order valence-electron chi connectivity index (χ2n) is 5.82. The van der Waals surface area contributed by atoms with Crippen LogP contribution < -0.4 is 0 Å². The zero-order chi connectivity index (χ0) is 20.4. The molecule has 1 amide bonds. The topological polar surface area (TPSA) is 114 Å². The van der Waals surface area contributed by atoms with Gasteiger partial charge < -0.3 is 9.52 Å². The first kappa shape index (κ1) is 19.8. The largest absolute Gasteiger partial charge is 0.480 e. The minimum absolute atomic E-state index is 0.0249. The highest BCUT2D eigenvalue weighted by molar-refractivity contribution is 8.26. The van der Waals surface area contributed by atoms with Gasteiger partial charge in [0.1, 0.15) is 21.9 Å². The van der Waals surface area contributed by atoms with E-state index in [0.29, 0.717) is 17.1 Å². The van der Waals surface area contributed by atoms with Gasteiger partial charge in [-0.2, -0.15) is 0 Å². The summed E-state index contributed by atoms with van der Waals surface area (Å²) in [5, 5.41) is 20.0. The Morgan fingerprint density at radius 2 is 2.04 bits per heavy atom. The van der Waals surface area contributed by atoms with Crippen LogP contribution in [0.1, 0.15) is 19.1 Å². The summed E-state index contributed by atoms with van der Waals surface area (Å²) in [6, 6.07) is 8.21. The van der Waals surface area contributed by atoms with Crippen molar-refractivity contribution >= 4 is 51.9 Å². The summed E-state index contributed by atoms with van der Waals surface area (Å²) in [6.45, 7) is 1.67. The summed E-state index contributed by atoms with van der Waals surface area (Å²) < 4.78 is 5.88. The fourth-order valence-corrected chi connectivity index (χ4v) is 4.02. The van der Waals surface area contributed by atoms with E-state index in [4.69, 9.17) is 16.6 Å². The van der Waals surface area contributed by atoms with Crippen molar-refractivity contribution in [1.29, 1.82) is 0 Å². The van der Waals surface area contributed by atoms with Crippen molar-refractivity contribution in [2.45, 2.75) is 19.4 Å². The van der Waals surface area contributed by atoms with Gasteiger partial charge in [-0.05, 0) is 30.7 Å². The third-order valence-electron chi connectivity index (χ3n) is 4.07. The Labute approximate surface area is 169 Å². The van der Waals surface area contributed by atoms with Gasteiger partial charge in [-0.1, -0.05) is 30.9 Å². The number of nitrogens with zero attached hydrogens (tertiary/aromatic N) is 2. The molecule has 3 rings (SSSR count). The number of hydrogen-bond donors (Lipinski definition) is 1. The van der Waals surface area contributed by atoms with Crippen LogP contribution in [-0.4, -0.2) is 37.2 Å². The van der Waals surface area contributed by atoms with Crippen LogP contribution >= 0.6 is 24.0 Å². The molecule has 0 radical (unpaired) electrons. The number of thioether (sulfide) groups is 1. The predicted octanol–water partition coefficient (Wildman–Crippen LogP) is 3.92. The van der Waals surface area contributed by atoms with E-state index in [-0.39, 0.29) is 21.3 Å². The van der Waals surface area contributed by atoms with Crippen LogP contribution in [0.15, 0.2) is 45.7 Å². The molecule has 0 bridgehead atoms. The molecule has 1 N–H and O–H groups in total. The number of nitro benzene ring substituents is 1. The molecule has 1 atom stereocenters. The fraction of sp³-hybridized carbons (Fsp3) is 0.167. The summed E-state index contributed by atoms with van der Waals surface area (Å²) in [7, 11) is 0. The summed E-state index contributed by atoms with van der Waals surface area (Å²) in [5.41, 5.74) is 0.623. The number of aliphatic carboxylic acids is 1. The van der Waals surface area contributed by atoms with Gasteiger partial charge in [-0.15, -0.1) is 0 Å². The molecular formula is C18H14N2O6S2. The van der Waals surface area contributed by atoms with Crippen molar-refractivity contribution in [3.05, 3.63) is 57.2 Å². The Balaban J connectivity index is 1.83. The molecule has 0 aliphatic carbocycles. The van der Waals surface area contributed by atoms with E-state index in [9.17, 15) is 24.8 Å². The molecule has 1 aromatic carbocycles. The third kappa shape index (κ3) is 3.82. The van der Waals surface area contributed by atoms with Crippen LogP contribution in [0.4, 0.5) is 5.69 Å². The zero-order valence-electron chi connectivity index (χ0n) is 14.5. The average molecular weight is 418 g/mol. The fourth-order valence-electron chi connectivity index (χ4n) is 2.68. The van der Waals surface area contributed by atoms with E-state index >= 15 is 0 Å². The van der Waals surface area contributed by atoms with Gasteiger partial charge in [-0.25, -0.2) is 4.79 Å². The van der Waals surface area contributed by atoms with Crippen molar-refractivity contribution in [1.82, 2.24) is 4.90 Å². The smallest absolute Gasteiger partial charge is 0.326 e. The van der Waals surface area contributed by atoms with Crippen molar-refractivity contribution in [3.8, 4) is 11.3 Å². The molecule has 8 nitrogen and oxygen atoms in total. The molecule has 0 saturated carbocycles. The normalized spacial score (nSPS) is 16.6. The molecule has 1 aliphatic heterocycles. The van der Waals surface area contributed by atoms with Crippen molar-refractivity contribution in [3.63, 3.8) is 0 Å². The molecule has 28 heavy (non-hydrogen) atoms. The summed E-state index contributed by atoms with van der Waals surface area (Å²) in [6.07, 6.45) is 1.74. The number of rotatable bonds is 6. The maximum absolute atomic E-state index is 12.6. The number of carbonyl (C=O) groups excluding carboxylic acids is 1. The molecule has 10 heteroatoms. The molecule has 0 unspecified atom stereocenters. The van der Waals surface area contributed by atoms with Gasteiger partial charge in [-0.3, -0.25) is 19.8 Å². The molecule has 0 spiro atoms. The van der Waals surface area contributed by atoms with Crippen LogP contribution in [0.25, 0.3) is 17.4 Å². The minimum atomic E-state index is -1.11. The average Bonchev–Trinajstić information content (AvgIpc) is 3.22. The van der Waals surface area contributed by atoms with Gasteiger partial charge in [0.25, 0.3) is 11.6 Å². The molecule has 1 saturated heterocycles. The van der Waals surface area contributed by atoms with Crippen LogP contribution in [0.5, 0.6) is 0 Å². The van der Waals surface area contributed by atoms with E-state index in [0.717, 1.165) is 16.7 Å². The third-order valence-corrected chi connectivity index (χ3v) is 5.40. The number of benzene rings is 1. The van der Waals surface area contributed by atoms with E-state index in [2.05, 4.69) is 0 Å². The molecule has 1 aromatic heterocycles. The van der Waals surface area contributed by atoms with Crippen molar-refractivity contribution < 1.29 is 24.0 Å². The number of furan rings is 1. The monoisotopic (exact) mass is 418 g/mol. The van der Waals surface area contributed by atoms with E-state index in [1.807, 2.05) is 0 Å². The lowest BCUT2D eigenvalue weighted by molar-refractivity contribution is -0.384. The quantitative estimate of drug-likeness (QED) is 0.325. The first-order valence-corrected chi connectivity index (χ1v) is 9.38. The molecule has 144 valence electrons. The predicted molar refractivity (Wildman–Crippen MR) is 108 cm³/mol. The van der Waals surface area contributed by atoms with Gasteiger partial charge in [0.05, 0.1) is 9.83 Å². The summed E-state index contributed by atoms with van der Waals surface area (Å²) in [4.78, 5) is 35.6. The second kappa shape index (κ2) is 7.95. The van der Waals surface area contributed by atoms with Gasteiger partial charge >= 0.3 is 5.97 Å². The number of nitro groups is 1. The first-order chi connectivity index (χ1) is 13.3. The molecule has 1 aliphatic rings. The SMILES string of the molecule is CC[C@@H](C(=O)O)N1C(=O)/C(=C\c2ccc(-c3ccc([N+](=O)[O-])cc3)o2)SC1=S. The molecule has 2 heterocycles. The van der Waals surface area contributed by atoms with Gasteiger partial charge in [0, 0.05) is 23.8 Å². The Hall–Kier alpha value is -2.98. The Bertz CT molecular complexity index is 996. The highest BCUT2D eigenvalue weighted by Crippen LogP contribution is 2.35. The number of non-ortho nitro benzene ring substituents is 1. The number of hydrogen-bond acceptors (Lipinski definition) is 7. The van der Waals surface area contributed by atoms with Crippen LogP contribution in [0.2, 0.25) is 0 Å². The molecule has 2 aromatic rings. The number of thiocarbonyl (C=S) groups is 1. The van der Waals surface area contributed by atoms with Crippen LogP contribution in [0.3, 0.4) is 0 Å². The number of carboxylic acids is 1. The lowest BCUT2D eigenvalue weighted by Crippen LogP contribution is -2.43. The Morgan fingerprint density at radius 1 is 1.36 bits per heavy atom. The number of carboxylic acid groups (broad SMARTS) is 1. The van der Waals surface area contributed by atoms with Gasteiger partial charge in [0.15, 0.2) is 0 Å². The second-order valence-corrected chi connectivity index (χ2v) is 7.50. The van der Waals surface area contributed by atoms with E-state index < -0.39 is 22.8 Å². The van der Waals surface area contributed by atoms with E-state index in [1.165, 1.54) is 18.2 Å². The summed E-state index contributed by atoms with van der Waals surface area (Å²) >= 11 is 6.18. The number of carbonyl (C=O) groups is 2. The van der Waals surface area contributed by atoms with Crippen molar-refractivity contribution in [2.24, 2.45) is 0 Å². The maximum Gasteiger partial charge on any atom is 0.326 e. The molecular weight excluding hydrogens is 404 g/mol. The standard InChI is InChI=1S/C18H14N2O6S2/c1-2-13(17(22)23)19-16(21)15(28-18(19)27)9-12-7-8-14(26-12)10-3-5-11(6-4-10)20(24)25/h3-9,13H,2H2,1H3,(H,22,23)/b15-9+/t13-/m0/s1. The maximum atomic E-state index is 12.6. The first-order valence-electron chi connectivity index (χ1n) is 8.16. The van der Waals surface area contributed by atoms with Crippen LogP contribution in [-0.2, 0) is 9.59 Å². The van der Waals surface area contributed by atoms with Crippen LogP contribution in [0, 0.1) is 10.1 Å². The van der Waals surface area contributed by atoms with Crippen molar-refractivity contribution in [2.75, 3.05) is 0 Å². The Kier molecular flexibility index (Phi) is 5.61. The minimum Gasteiger partial charge on any atom is -0.480 e. The lowest BCUT2D eigenvalue weighted by atomic mass is 10.1. The zero-order valence-corrected chi connectivity index (χ0v) is 16.2. The lowest BCUT2D eigenvalue weighted by Gasteiger charge is -2.21. The highest BCUT2D eigenvalue weighted by Gasteiger charge is 2.39. The van der Waals surface area contributed by atoms with E-state index in [1.54, 1.807) is 31.2 Å². The van der Waals surface area contributed by atoms with Gasteiger partial charge in [0.2, 0.25) is 0 Å². The molecule has 1 fully saturated rings. The number of amides is 1. The Morgan fingerprint density at radius 3 is 2.61 bits per heavy atom. The summed E-state index contributed by atoms with van der Waals surface area (Å²) in [5.74, 6) is -0.720. The highest BCUT2D eigenvalue weighted by atomic mass is 32.2.